The molecule has 1 fully saturated rings. The molecule has 2 aromatic rings. The van der Waals surface area contributed by atoms with E-state index in [-0.39, 0.29) is 0 Å². The van der Waals surface area contributed by atoms with Crippen LogP contribution in [-0.4, -0.2) is 51.6 Å². The summed E-state index contributed by atoms with van der Waals surface area (Å²) in [6.45, 7) is 4.01. The van der Waals surface area contributed by atoms with Gasteiger partial charge >= 0.3 is 0 Å². The van der Waals surface area contributed by atoms with E-state index < -0.39 is 0 Å². The van der Waals surface area contributed by atoms with Crippen molar-refractivity contribution in [2.45, 2.75) is 25.4 Å². The lowest BCUT2D eigenvalue weighted by atomic mass is 10.2. The molecule has 0 aliphatic carbocycles. The first-order valence-electron chi connectivity index (χ1n) is 9.65. The molecule has 1 unspecified atom stereocenters. The maximum absolute atomic E-state index is 4.41. The molecule has 0 amide bonds. The van der Waals surface area contributed by atoms with E-state index in [4.69, 9.17) is 0 Å². The molecule has 2 heterocycles. The minimum atomic E-state index is 0.420. The number of likely N-dealkylation sites (tertiary alicyclic amines) is 1. The number of nitrogens with one attached hydrogen (secondary N) is 2. The Kier molecular flexibility index (Phi) is 7.12. The summed E-state index contributed by atoms with van der Waals surface area (Å²) in [6, 6.07) is 13.4. The van der Waals surface area contributed by atoms with Gasteiger partial charge in [0.05, 0.1) is 6.04 Å². The molecule has 0 saturated carbocycles. The summed E-state index contributed by atoms with van der Waals surface area (Å²) in [7, 11) is 5.97. The van der Waals surface area contributed by atoms with Crippen LogP contribution in [-0.2, 0) is 6.54 Å². The van der Waals surface area contributed by atoms with Crippen LogP contribution in [0.1, 0.15) is 29.3 Å². The van der Waals surface area contributed by atoms with Gasteiger partial charge in [-0.15, -0.1) is 11.3 Å². The van der Waals surface area contributed by atoms with Crippen LogP contribution in [0.15, 0.2) is 46.8 Å². The van der Waals surface area contributed by atoms with Crippen molar-refractivity contribution in [1.82, 2.24) is 15.5 Å². The SMILES string of the molecule is CN=C(NCc1cccc(N(C)C)c1)NCC(c1cccs1)N1CCCC1. The van der Waals surface area contributed by atoms with E-state index in [1.807, 2.05) is 18.4 Å². The third-order valence-electron chi connectivity index (χ3n) is 5.03. The Morgan fingerprint density at radius 2 is 2.00 bits per heavy atom. The summed E-state index contributed by atoms with van der Waals surface area (Å²) in [5.41, 5.74) is 2.46. The Labute approximate surface area is 167 Å². The van der Waals surface area contributed by atoms with Crippen molar-refractivity contribution in [2.75, 3.05) is 45.7 Å². The number of hydrogen-bond donors (Lipinski definition) is 2. The molecular weight excluding hydrogens is 354 g/mol. The minimum Gasteiger partial charge on any atom is -0.378 e. The Morgan fingerprint density at radius 1 is 1.19 bits per heavy atom. The number of guanidine groups is 1. The lowest BCUT2D eigenvalue weighted by molar-refractivity contribution is 0.249. The average Bonchev–Trinajstić information content (AvgIpc) is 3.39. The molecule has 1 aliphatic rings. The molecule has 146 valence electrons. The molecule has 5 nitrogen and oxygen atoms in total. The molecule has 27 heavy (non-hydrogen) atoms. The molecular formula is C21H31N5S. The van der Waals surface area contributed by atoms with Crippen LogP contribution in [0.3, 0.4) is 0 Å². The predicted octanol–water partition coefficient (Wildman–Crippen LogP) is 3.32. The Balaban J connectivity index is 1.57. The van der Waals surface area contributed by atoms with E-state index in [0.717, 1.165) is 19.0 Å². The van der Waals surface area contributed by atoms with Crippen molar-refractivity contribution in [2.24, 2.45) is 4.99 Å². The summed E-state index contributed by atoms with van der Waals surface area (Å²) in [4.78, 5) is 10.6. The fourth-order valence-corrected chi connectivity index (χ4v) is 4.35. The van der Waals surface area contributed by atoms with Crippen molar-refractivity contribution >= 4 is 23.0 Å². The molecule has 1 atom stereocenters. The van der Waals surface area contributed by atoms with E-state index in [1.54, 1.807) is 0 Å². The van der Waals surface area contributed by atoms with E-state index >= 15 is 0 Å². The zero-order valence-electron chi connectivity index (χ0n) is 16.6. The first kappa shape index (κ1) is 19.7. The first-order chi connectivity index (χ1) is 13.2. The molecule has 1 aromatic heterocycles. The molecule has 2 N–H and O–H groups in total. The molecule has 0 radical (unpaired) electrons. The fraction of sp³-hybridized carbons (Fsp3) is 0.476. The molecule has 0 spiro atoms. The van der Waals surface area contributed by atoms with E-state index in [0.29, 0.717) is 6.04 Å². The zero-order chi connectivity index (χ0) is 19.1. The van der Waals surface area contributed by atoms with Gasteiger partial charge in [0.15, 0.2) is 5.96 Å². The minimum absolute atomic E-state index is 0.420. The highest BCUT2D eigenvalue weighted by Crippen LogP contribution is 2.27. The quantitative estimate of drug-likeness (QED) is 0.567. The normalized spacial score (nSPS) is 16.3. The van der Waals surface area contributed by atoms with Crippen molar-refractivity contribution < 1.29 is 0 Å². The maximum atomic E-state index is 4.41. The van der Waals surface area contributed by atoms with Gasteiger partial charge < -0.3 is 15.5 Å². The van der Waals surface area contributed by atoms with Crippen molar-refractivity contribution in [3.05, 3.63) is 52.2 Å². The van der Waals surface area contributed by atoms with Crippen molar-refractivity contribution in [3.8, 4) is 0 Å². The monoisotopic (exact) mass is 385 g/mol. The van der Waals surface area contributed by atoms with Crippen molar-refractivity contribution in [3.63, 3.8) is 0 Å². The maximum Gasteiger partial charge on any atom is 0.191 e. The van der Waals surface area contributed by atoms with Gasteiger partial charge in [0.1, 0.15) is 0 Å². The largest absolute Gasteiger partial charge is 0.378 e. The molecule has 1 aliphatic heterocycles. The lowest BCUT2D eigenvalue weighted by Crippen LogP contribution is -2.42. The smallest absolute Gasteiger partial charge is 0.191 e. The summed E-state index contributed by atoms with van der Waals surface area (Å²) in [5, 5.41) is 9.15. The molecule has 1 saturated heterocycles. The van der Waals surface area contributed by atoms with Crippen LogP contribution >= 0.6 is 11.3 Å². The van der Waals surface area contributed by atoms with Gasteiger partial charge in [-0.1, -0.05) is 18.2 Å². The predicted molar refractivity (Wildman–Crippen MR) is 117 cm³/mol. The van der Waals surface area contributed by atoms with Gasteiger partial charge in [-0.3, -0.25) is 9.89 Å². The first-order valence-corrected chi connectivity index (χ1v) is 10.5. The van der Waals surface area contributed by atoms with Crippen molar-refractivity contribution in [1.29, 1.82) is 0 Å². The third kappa shape index (κ3) is 5.47. The number of benzene rings is 1. The van der Waals surface area contributed by atoms with Gasteiger partial charge in [0.25, 0.3) is 0 Å². The van der Waals surface area contributed by atoms with Crippen LogP contribution in [0.25, 0.3) is 0 Å². The van der Waals surface area contributed by atoms with Gasteiger partial charge in [-0.2, -0.15) is 0 Å². The van der Waals surface area contributed by atoms with Crippen LogP contribution in [0.2, 0.25) is 0 Å². The Bertz CT molecular complexity index is 720. The lowest BCUT2D eigenvalue weighted by Gasteiger charge is -2.27. The second-order valence-corrected chi connectivity index (χ2v) is 8.12. The van der Waals surface area contributed by atoms with Crippen LogP contribution in [0.5, 0.6) is 0 Å². The second-order valence-electron chi connectivity index (χ2n) is 7.15. The number of aliphatic imine (C=N–C) groups is 1. The summed E-state index contributed by atoms with van der Waals surface area (Å²) >= 11 is 1.85. The number of hydrogen-bond acceptors (Lipinski definition) is 4. The van der Waals surface area contributed by atoms with Gasteiger partial charge in [0.2, 0.25) is 0 Å². The van der Waals surface area contributed by atoms with Crippen LogP contribution in [0.4, 0.5) is 5.69 Å². The number of thiophene rings is 1. The van der Waals surface area contributed by atoms with E-state index in [9.17, 15) is 0 Å². The zero-order valence-corrected chi connectivity index (χ0v) is 17.4. The second kappa shape index (κ2) is 9.76. The van der Waals surface area contributed by atoms with Crippen LogP contribution in [0, 0.1) is 0 Å². The molecule has 6 heteroatoms. The highest BCUT2D eigenvalue weighted by Gasteiger charge is 2.24. The average molecular weight is 386 g/mol. The number of nitrogens with zero attached hydrogens (tertiary/aromatic N) is 3. The summed E-state index contributed by atoms with van der Waals surface area (Å²) < 4.78 is 0. The highest BCUT2D eigenvalue weighted by molar-refractivity contribution is 7.10. The Morgan fingerprint density at radius 3 is 2.67 bits per heavy atom. The Hall–Kier alpha value is -2.05. The van der Waals surface area contributed by atoms with E-state index in [1.165, 1.54) is 42.1 Å². The topological polar surface area (TPSA) is 42.9 Å². The number of rotatable bonds is 7. The summed E-state index contributed by atoms with van der Waals surface area (Å²) in [5.74, 6) is 0.853. The third-order valence-corrected chi connectivity index (χ3v) is 6.00. The van der Waals surface area contributed by atoms with Gasteiger partial charge in [0, 0.05) is 44.8 Å². The molecule has 1 aromatic carbocycles. The molecule has 0 bridgehead atoms. The molecule has 3 rings (SSSR count). The standard InChI is InChI=1S/C21H31N5S/c1-22-21(23-15-17-8-6-9-18(14-17)25(2)3)24-16-19(20-10-7-13-27-20)26-11-4-5-12-26/h6-10,13-14,19H,4-5,11-12,15-16H2,1-3H3,(H2,22,23,24). The van der Waals surface area contributed by atoms with Gasteiger partial charge in [-0.05, 0) is 55.1 Å². The highest BCUT2D eigenvalue weighted by atomic mass is 32.1. The number of anilines is 1. The van der Waals surface area contributed by atoms with E-state index in [2.05, 4.69) is 81.3 Å². The van der Waals surface area contributed by atoms with Crippen LogP contribution < -0.4 is 15.5 Å². The summed E-state index contributed by atoms with van der Waals surface area (Å²) in [6.07, 6.45) is 2.61. The van der Waals surface area contributed by atoms with Gasteiger partial charge in [-0.25, -0.2) is 0 Å². The fourth-order valence-electron chi connectivity index (χ4n) is 3.49.